The van der Waals surface area contributed by atoms with Gasteiger partial charge in [0.25, 0.3) is 5.91 Å². The van der Waals surface area contributed by atoms with Crippen LogP contribution in [0.3, 0.4) is 0 Å². The van der Waals surface area contributed by atoms with Gasteiger partial charge < -0.3 is 19.5 Å². The van der Waals surface area contributed by atoms with E-state index in [0.29, 0.717) is 48.3 Å². The number of ether oxygens (including phenoxy) is 3. The van der Waals surface area contributed by atoms with Crippen molar-refractivity contribution in [1.82, 2.24) is 9.97 Å². The molecular formula is C27H27N3O4S. The predicted molar refractivity (Wildman–Crippen MR) is 139 cm³/mol. The SMILES string of the molecule is CCOc1cc(C(=O)Nc2cccc(-c3csc(-c4ccccn4)n3)c2)cc(OCC)c1OCC. The van der Waals surface area contributed by atoms with Crippen LogP contribution in [-0.4, -0.2) is 35.7 Å². The Labute approximate surface area is 208 Å². The quantitative estimate of drug-likeness (QED) is 0.281. The zero-order valence-electron chi connectivity index (χ0n) is 19.9. The van der Waals surface area contributed by atoms with Gasteiger partial charge in [0.1, 0.15) is 5.01 Å². The topological polar surface area (TPSA) is 82.6 Å². The molecule has 0 saturated heterocycles. The van der Waals surface area contributed by atoms with Gasteiger partial charge in [-0.1, -0.05) is 18.2 Å². The predicted octanol–water partition coefficient (Wildman–Crippen LogP) is 6.32. The van der Waals surface area contributed by atoms with E-state index in [0.717, 1.165) is 22.0 Å². The molecule has 0 aliphatic carbocycles. The van der Waals surface area contributed by atoms with Gasteiger partial charge in [-0.05, 0) is 57.2 Å². The van der Waals surface area contributed by atoms with Crippen molar-refractivity contribution in [2.24, 2.45) is 0 Å². The number of pyridine rings is 1. The van der Waals surface area contributed by atoms with Gasteiger partial charge in [-0.3, -0.25) is 9.78 Å². The maximum Gasteiger partial charge on any atom is 0.255 e. The van der Waals surface area contributed by atoms with Crippen LogP contribution < -0.4 is 19.5 Å². The fourth-order valence-corrected chi connectivity index (χ4v) is 4.30. The lowest BCUT2D eigenvalue weighted by Gasteiger charge is -2.17. The summed E-state index contributed by atoms with van der Waals surface area (Å²) >= 11 is 1.53. The Morgan fingerprint density at radius 1 is 0.886 bits per heavy atom. The Balaban J connectivity index is 1.58. The smallest absolute Gasteiger partial charge is 0.255 e. The molecular weight excluding hydrogens is 462 g/mol. The number of nitrogens with one attached hydrogen (secondary N) is 1. The first-order chi connectivity index (χ1) is 17.1. The number of carbonyl (C=O) groups excluding carboxylic acids is 1. The number of benzene rings is 2. The van der Waals surface area contributed by atoms with E-state index in [4.69, 9.17) is 19.2 Å². The molecule has 0 saturated carbocycles. The van der Waals surface area contributed by atoms with Gasteiger partial charge in [0.05, 0.1) is 31.2 Å². The third-order valence-corrected chi connectivity index (χ3v) is 5.84. The first-order valence-electron chi connectivity index (χ1n) is 11.5. The zero-order valence-corrected chi connectivity index (χ0v) is 20.7. The summed E-state index contributed by atoms with van der Waals surface area (Å²) in [7, 11) is 0. The summed E-state index contributed by atoms with van der Waals surface area (Å²) < 4.78 is 17.2. The average Bonchev–Trinajstić information content (AvgIpc) is 3.37. The van der Waals surface area contributed by atoms with E-state index in [9.17, 15) is 4.79 Å². The van der Waals surface area contributed by atoms with E-state index in [2.05, 4.69) is 10.3 Å². The molecule has 1 amide bonds. The van der Waals surface area contributed by atoms with Crippen molar-refractivity contribution >= 4 is 22.9 Å². The highest BCUT2D eigenvalue weighted by molar-refractivity contribution is 7.13. The van der Waals surface area contributed by atoms with E-state index in [1.807, 2.05) is 68.6 Å². The Morgan fingerprint density at radius 2 is 1.63 bits per heavy atom. The molecule has 0 radical (unpaired) electrons. The number of nitrogens with zero attached hydrogens (tertiary/aromatic N) is 2. The van der Waals surface area contributed by atoms with Crippen LogP contribution in [0.15, 0.2) is 66.2 Å². The Kier molecular flexibility index (Phi) is 7.95. The molecule has 7 nitrogen and oxygen atoms in total. The molecule has 8 heteroatoms. The minimum absolute atomic E-state index is 0.278. The first kappa shape index (κ1) is 24.2. The number of carbonyl (C=O) groups is 1. The Morgan fingerprint density at radius 3 is 2.29 bits per heavy atom. The fourth-order valence-electron chi connectivity index (χ4n) is 3.49. The Hall–Kier alpha value is -3.91. The van der Waals surface area contributed by atoms with Crippen molar-refractivity contribution in [1.29, 1.82) is 0 Å². The van der Waals surface area contributed by atoms with Crippen molar-refractivity contribution in [3.8, 4) is 39.2 Å². The number of aromatic nitrogens is 2. The highest BCUT2D eigenvalue weighted by atomic mass is 32.1. The molecule has 2 aromatic heterocycles. The summed E-state index contributed by atoms with van der Waals surface area (Å²) in [5.74, 6) is 1.17. The molecule has 0 unspecified atom stereocenters. The van der Waals surface area contributed by atoms with E-state index >= 15 is 0 Å². The number of hydrogen-bond donors (Lipinski definition) is 1. The average molecular weight is 490 g/mol. The summed E-state index contributed by atoms with van der Waals surface area (Å²) in [6.07, 6.45) is 1.75. The zero-order chi connectivity index (χ0) is 24.6. The Bertz CT molecular complexity index is 1260. The van der Waals surface area contributed by atoms with Crippen LogP contribution in [0, 0.1) is 0 Å². The van der Waals surface area contributed by atoms with Gasteiger partial charge in [-0.15, -0.1) is 11.3 Å². The van der Waals surface area contributed by atoms with Crippen molar-refractivity contribution in [2.45, 2.75) is 20.8 Å². The van der Waals surface area contributed by atoms with Crippen LogP contribution in [0.5, 0.6) is 17.2 Å². The van der Waals surface area contributed by atoms with Crippen molar-refractivity contribution in [3.05, 3.63) is 71.7 Å². The third kappa shape index (κ3) is 5.78. The normalized spacial score (nSPS) is 10.6. The highest BCUT2D eigenvalue weighted by Gasteiger charge is 2.19. The molecule has 0 fully saturated rings. The van der Waals surface area contributed by atoms with Gasteiger partial charge in [-0.2, -0.15) is 0 Å². The minimum Gasteiger partial charge on any atom is -0.490 e. The fraction of sp³-hybridized carbons (Fsp3) is 0.222. The van der Waals surface area contributed by atoms with Gasteiger partial charge in [0, 0.05) is 28.4 Å². The van der Waals surface area contributed by atoms with Gasteiger partial charge in [0.2, 0.25) is 5.75 Å². The molecule has 1 N–H and O–H groups in total. The second kappa shape index (κ2) is 11.5. The molecule has 35 heavy (non-hydrogen) atoms. The van der Waals surface area contributed by atoms with Gasteiger partial charge in [0.15, 0.2) is 11.5 Å². The van der Waals surface area contributed by atoms with Gasteiger partial charge >= 0.3 is 0 Å². The van der Waals surface area contributed by atoms with E-state index in [1.165, 1.54) is 11.3 Å². The van der Waals surface area contributed by atoms with Crippen LogP contribution in [0.25, 0.3) is 22.0 Å². The summed E-state index contributed by atoms with van der Waals surface area (Å²) in [5, 5.41) is 5.80. The van der Waals surface area contributed by atoms with Crippen LogP contribution in [0.2, 0.25) is 0 Å². The van der Waals surface area contributed by atoms with Crippen LogP contribution in [0.4, 0.5) is 5.69 Å². The maximum atomic E-state index is 13.1. The van der Waals surface area contributed by atoms with Crippen LogP contribution in [-0.2, 0) is 0 Å². The number of thiazole rings is 1. The van der Waals surface area contributed by atoms with Crippen LogP contribution >= 0.6 is 11.3 Å². The highest BCUT2D eigenvalue weighted by Crippen LogP contribution is 2.39. The number of anilines is 1. The monoisotopic (exact) mass is 489 g/mol. The van der Waals surface area contributed by atoms with Crippen molar-refractivity contribution in [2.75, 3.05) is 25.1 Å². The lowest BCUT2D eigenvalue weighted by atomic mass is 10.1. The molecule has 4 rings (SSSR count). The van der Waals surface area contributed by atoms with Crippen LogP contribution in [0.1, 0.15) is 31.1 Å². The standard InChI is InChI=1S/C27H27N3O4S/c1-4-32-23-15-19(16-24(33-5-2)25(23)34-6-3)26(31)29-20-11-9-10-18(14-20)22-17-35-27(30-22)21-12-7-8-13-28-21/h7-17H,4-6H2,1-3H3,(H,29,31). The summed E-state index contributed by atoms with van der Waals surface area (Å²) in [6, 6.07) is 16.7. The van der Waals surface area contributed by atoms with E-state index in [-0.39, 0.29) is 5.91 Å². The summed E-state index contributed by atoms with van der Waals surface area (Å²) in [4.78, 5) is 22.2. The number of amides is 1. The summed E-state index contributed by atoms with van der Waals surface area (Å²) in [5.41, 5.74) is 3.63. The summed E-state index contributed by atoms with van der Waals surface area (Å²) in [6.45, 7) is 6.98. The largest absolute Gasteiger partial charge is 0.490 e. The van der Waals surface area contributed by atoms with E-state index < -0.39 is 0 Å². The molecule has 0 aliphatic rings. The molecule has 0 spiro atoms. The number of rotatable bonds is 10. The molecule has 0 atom stereocenters. The minimum atomic E-state index is -0.278. The second-order valence-electron chi connectivity index (χ2n) is 7.39. The lowest BCUT2D eigenvalue weighted by Crippen LogP contribution is -2.13. The van der Waals surface area contributed by atoms with E-state index in [1.54, 1.807) is 18.3 Å². The molecule has 2 aromatic carbocycles. The van der Waals surface area contributed by atoms with Crippen molar-refractivity contribution < 1.29 is 19.0 Å². The van der Waals surface area contributed by atoms with Gasteiger partial charge in [-0.25, -0.2) is 4.98 Å². The molecule has 0 aliphatic heterocycles. The molecule has 0 bridgehead atoms. The third-order valence-electron chi connectivity index (χ3n) is 4.98. The second-order valence-corrected chi connectivity index (χ2v) is 8.25. The molecule has 2 heterocycles. The maximum absolute atomic E-state index is 13.1. The lowest BCUT2D eigenvalue weighted by molar-refractivity contribution is 0.102. The molecule has 4 aromatic rings. The first-order valence-corrected chi connectivity index (χ1v) is 12.4. The van der Waals surface area contributed by atoms with Crippen molar-refractivity contribution in [3.63, 3.8) is 0 Å². The number of hydrogen-bond acceptors (Lipinski definition) is 7. The molecule has 180 valence electrons.